The number of rotatable bonds is 5. The molecular weight excluding hydrogens is 236 g/mol. The van der Waals surface area contributed by atoms with E-state index in [1.807, 2.05) is 0 Å². The van der Waals surface area contributed by atoms with E-state index >= 15 is 0 Å². The maximum atomic E-state index is 12.5. The Hall–Kier alpha value is -0.570. The molecule has 19 heavy (non-hydrogen) atoms. The standard InChI is InChI=1S/C16H32N2O/c1-6-10-17(11-7-2)15(19)14-8-12-18(13-9-14)16(3,4)5/h14H,6-13H2,1-5H3. The highest BCUT2D eigenvalue weighted by atomic mass is 16.2. The molecule has 1 fully saturated rings. The summed E-state index contributed by atoms with van der Waals surface area (Å²) in [6.07, 6.45) is 4.18. The van der Waals surface area contributed by atoms with Crippen molar-refractivity contribution in [2.75, 3.05) is 26.2 Å². The third-order valence-corrected chi connectivity index (χ3v) is 4.09. The first-order valence-electron chi connectivity index (χ1n) is 7.94. The Morgan fingerprint density at radius 1 is 1.11 bits per heavy atom. The lowest BCUT2D eigenvalue weighted by atomic mass is 9.92. The molecule has 1 aliphatic heterocycles. The highest BCUT2D eigenvalue weighted by Gasteiger charge is 2.31. The Kier molecular flexibility index (Phi) is 6.31. The number of hydrogen-bond donors (Lipinski definition) is 0. The van der Waals surface area contributed by atoms with Gasteiger partial charge in [-0.05, 0) is 59.5 Å². The molecule has 0 atom stereocenters. The molecule has 0 unspecified atom stereocenters. The molecule has 1 heterocycles. The number of carbonyl (C=O) groups is 1. The van der Waals surface area contributed by atoms with E-state index in [1.54, 1.807) is 0 Å². The number of amides is 1. The predicted octanol–water partition coefficient (Wildman–Crippen LogP) is 3.15. The minimum absolute atomic E-state index is 0.237. The molecule has 3 heteroatoms. The second kappa shape index (κ2) is 7.28. The molecule has 0 aromatic rings. The molecule has 1 saturated heterocycles. The van der Waals surface area contributed by atoms with Gasteiger partial charge in [0, 0.05) is 24.5 Å². The van der Waals surface area contributed by atoms with Crippen LogP contribution in [0.5, 0.6) is 0 Å². The fourth-order valence-corrected chi connectivity index (χ4v) is 2.93. The van der Waals surface area contributed by atoms with E-state index in [1.165, 1.54) is 0 Å². The van der Waals surface area contributed by atoms with E-state index < -0.39 is 0 Å². The molecule has 0 aliphatic carbocycles. The molecule has 0 bridgehead atoms. The molecule has 0 aromatic heterocycles. The Balaban J connectivity index is 2.51. The van der Waals surface area contributed by atoms with Crippen LogP contribution in [0, 0.1) is 5.92 Å². The van der Waals surface area contributed by atoms with Gasteiger partial charge in [0.2, 0.25) is 5.91 Å². The Morgan fingerprint density at radius 2 is 1.58 bits per heavy atom. The lowest BCUT2D eigenvalue weighted by molar-refractivity contribution is -0.137. The van der Waals surface area contributed by atoms with Gasteiger partial charge in [-0.3, -0.25) is 9.69 Å². The van der Waals surface area contributed by atoms with Crippen LogP contribution in [0.1, 0.15) is 60.3 Å². The molecule has 0 aromatic carbocycles. The molecule has 0 N–H and O–H groups in total. The fraction of sp³-hybridized carbons (Fsp3) is 0.938. The van der Waals surface area contributed by atoms with Crippen molar-refractivity contribution in [1.29, 1.82) is 0 Å². The van der Waals surface area contributed by atoms with Gasteiger partial charge in [-0.2, -0.15) is 0 Å². The maximum absolute atomic E-state index is 12.5. The van der Waals surface area contributed by atoms with Crippen molar-refractivity contribution in [3.05, 3.63) is 0 Å². The van der Waals surface area contributed by atoms with Gasteiger partial charge in [0.25, 0.3) is 0 Å². The SMILES string of the molecule is CCCN(CCC)C(=O)C1CCN(C(C)(C)C)CC1. The summed E-state index contributed by atoms with van der Waals surface area (Å²) in [6.45, 7) is 15.0. The normalized spacial score (nSPS) is 18.6. The van der Waals surface area contributed by atoms with Gasteiger partial charge in [0.1, 0.15) is 0 Å². The first kappa shape index (κ1) is 16.5. The average Bonchev–Trinajstić information content (AvgIpc) is 2.37. The van der Waals surface area contributed by atoms with Gasteiger partial charge >= 0.3 is 0 Å². The summed E-state index contributed by atoms with van der Waals surface area (Å²) in [5, 5.41) is 0. The highest BCUT2D eigenvalue weighted by molar-refractivity contribution is 5.79. The van der Waals surface area contributed by atoms with Crippen molar-refractivity contribution in [3.8, 4) is 0 Å². The number of hydrogen-bond acceptors (Lipinski definition) is 2. The molecule has 3 nitrogen and oxygen atoms in total. The van der Waals surface area contributed by atoms with Crippen molar-refractivity contribution in [3.63, 3.8) is 0 Å². The van der Waals surface area contributed by atoms with Crippen LogP contribution in [0.2, 0.25) is 0 Å². The topological polar surface area (TPSA) is 23.6 Å². The largest absolute Gasteiger partial charge is 0.342 e. The van der Waals surface area contributed by atoms with Crippen LogP contribution < -0.4 is 0 Å². The summed E-state index contributed by atoms with van der Waals surface area (Å²) in [7, 11) is 0. The monoisotopic (exact) mass is 268 g/mol. The van der Waals surface area contributed by atoms with E-state index in [0.717, 1.165) is 51.9 Å². The summed E-state index contributed by atoms with van der Waals surface area (Å²) < 4.78 is 0. The van der Waals surface area contributed by atoms with Crippen molar-refractivity contribution in [2.24, 2.45) is 5.92 Å². The average molecular weight is 268 g/mol. The quantitative estimate of drug-likeness (QED) is 0.765. The summed E-state index contributed by atoms with van der Waals surface area (Å²) in [6, 6.07) is 0. The zero-order valence-electron chi connectivity index (χ0n) is 13.5. The van der Waals surface area contributed by atoms with Gasteiger partial charge < -0.3 is 4.90 Å². The van der Waals surface area contributed by atoms with Crippen molar-refractivity contribution >= 4 is 5.91 Å². The van der Waals surface area contributed by atoms with Crippen molar-refractivity contribution in [1.82, 2.24) is 9.80 Å². The molecule has 1 amide bonds. The number of piperidine rings is 1. The van der Waals surface area contributed by atoms with Crippen LogP contribution in [0.15, 0.2) is 0 Å². The Labute approximate surface area is 119 Å². The van der Waals surface area contributed by atoms with Gasteiger partial charge in [-0.1, -0.05) is 13.8 Å². The third-order valence-electron chi connectivity index (χ3n) is 4.09. The number of carbonyl (C=O) groups excluding carboxylic acids is 1. The lowest BCUT2D eigenvalue weighted by Crippen LogP contribution is -2.49. The van der Waals surface area contributed by atoms with Gasteiger partial charge in [-0.25, -0.2) is 0 Å². The second-order valence-corrected chi connectivity index (χ2v) is 6.76. The lowest BCUT2D eigenvalue weighted by Gasteiger charge is -2.41. The summed E-state index contributed by atoms with van der Waals surface area (Å²) >= 11 is 0. The molecular formula is C16H32N2O. The predicted molar refractivity (Wildman–Crippen MR) is 81.2 cm³/mol. The maximum Gasteiger partial charge on any atom is 0.225 e. The van der Waals surface area contributed by atoms with Gasteiger partial charge in [-0.15, -0.1) is 0 Å². The van der Waals surface area contributed by atoms with E-state index in [9.17, 15) is 4.79 Å². The first-order chi connectivity index (χ1) is 8.90. The summed E-state index contributed by atoms with van der Waals surface area (Å²) in [5.41, 5.74) is 0.237. The fourth-order valence-electron chi connectivity index (χ4n) is 2.93. The first-order valence-corrected chi connectivity index (χ1v) is 7.94. The Morgan fingerprint density at radius 3 is 1.95 bits per heavy atom. The number of nitrogens with zero attached hydrogens (tertiary/aromatic N) is 2. The molecule has 0 spiro atoms. The van der Waals surface area contributed by atoms with Crippen LogP contribution in [0.3, 0.4) is 0 Å². The van der Waals surface area contributed by atoms with Gasteiger partial charge in [0.15, 0.2) is 0 Å². The van der Waals surface area contributed by atoms with Crippen LogP contribution in [0.25, 0.3) is 0 Å². The highest BCUT2D eigenvalue weighted by Crippen LogP contribution is 2.25. The minimum atomic E-state index is 0.237. The molecule has 0 radical (unpaired) electrons. The Bertz CT molecular complexity index is 269. The van der Waals surface area contributed by atoms with Crippen molar-refractivity contribution < 1.29 is 4.79 Å². The van der Waals surface area contributed by atoms with E-state index in [-0.39, 0.29) is 11.5 Å². The van der Waals surface area contributed by atoms with Crippen LogP contribution in [-0.2, 0) is 4.79 Å². The zero-order valence-corrected chi connectivity index (χ0v) is 13.5. The van der Waals surface area contributed by atoms with Gasteiger partial charge in [0.05, 0.1) is 0 Å². The molecule has 0 saturated carbocycles. The van der Waals surface area contributed by atoms with E-state index in [0.29, 0.717) is 5.91 Å². The smallest absolute Gasteiger partial charge is 0.225 e. The van der Waals surface area contributed by atoms with Crippen LogP contribution >= 0.6 is 0 Å². The van der Waals surface area contributed by atoms with Crippen molar-refractivity contribution in [2.45, 2.75) is 65.8 Å². The van der Waals surface area contributed by atoms with E-state index in [2.05, 4.69) is 44.4 Å². The second-order valence-electron chi connectivity index (χ2n) is 6.76. The molecule has 1 aliphatic rings. The zero-order chi connectivity index (χ0) is 14.5. The minimum Gasteiger partial charge on any atom is -0.342 e. The third kappa shape index (κ3) is 4.79. The molecule has 1 rings (SSSR count). The van der Waals surface area contributed by atoms with E-state index in [4.69, 9.17) is 0 Å². The molecule has 112 valence electrons. The summed E-state index contributed by atoms with van der Waals surface area (Å²) in [4.78, 5) is 17.1. The summed E-state index contributed by atoms with van der Waals surface area (Å²) in [5.74, 6) is 0.661. The number of likely N-dealkylation sites (tertiary alicyclic amines) is 1. The van der Waals surface area contributed by atoms with Crippen LogP contribution in [-0.4, -0.2) is 47.4 Å². The van der Waals surface area contributed by atoms with Crippen LogP contribution in [0.4, 0.5) is 0 Å².